The van der Waals surface area contributed by atoms with Crippen LogP contribution in [-0.4, -0.2) is 0 Å². The van der Waals surface area contributed by atoms with Gasteiger partial charge in [0.25, 0.3) is 0 Å². The zero-order valence-electron chi connectivity index (χ0n) is 44.6. The van der Waals surface area contributed by atoms with Crippen LogP contribution in [0.1, 0.15) is 34.1 Å². The first-order chi connectivity index (χ1) is 41.9. The van der Waals surface area contributed by atoms with E-state index in [1.165, 1.54) is 24.3 Å². The Morgan fingerprint density at radius 1 is 0.256 bits per heavy atom. The molecule has 2 atom stereocenters. The Kier molecular flexibility index (Phi) is 10.6. The number of hydrogen-bond acceptors (Lipinski definition) is 0. The molecule has 0 nitrogen and oxygen atoms in total. The monoisotopic (exact) mass is 1140 g/mol. The summed E-state index contributed by atoms with van der Waals surface area (Å²) in [5, 5.41) is 7.73. The molecule has 0 heterocycles. The van der Waals surface area contributed by atoms with Crippen LogP contribution < -0.4 is 5.22 Å². The van der Waals surface area contributed by atoms with Crippen molar-refractivity contribution in [1.29, 1.82) is 0 Å². The maximum Gasteiger partial charge on any atom is 0.200 e. The van der Waals surface area contributed by atoms with Crippen LogP contribution in [0.4, 0.5) is 43.9 Å². The summed E-state index contributed by atoms with van der Waals surface area (Å²) in [6.07, 6.45) is 8.59. The van der Waals surface area contributed by atoms with Crippen LogP contribution in [0, 0.1) is 58.2 Å². The van der Waals surface area contributed by atoms with Gasteiger partial charge >= 0.3 is 0 Å². The predicted molar refractivity (Wildman–Crippen MR) is 322 cm³/mol. The molecule has 17 rings (SSSR count). The zero-order valence-corrected chi connectivity index (χ0v) is 44.6. The van der Waals surface area contributed by atoms with E-state index in [1.54, 1.807) is 24.3 Å². The molecule has 0 radical (unpaired) electrons. The van der Waals surface area contributed by atoms with Crippen LogP contribution in [0.5, 0.6) is 0 Å². The Bertz CT molecular complexity index is 5350. The quantitative estimate of drug-likeness (QED) is 0.0884. The Labute approximate surface area is 483 Å². The van der Waals surface area contributed by atoms with E-state index in [0.29, 0.717) is 16.5 Å². The first-order valence-corrected chi connectivity index (χ1v) is 27.9. The van der Waals surface area contributed by atoms with E-state index in [4.69, 9.17) is 0 Å². The van der Waals surface area contributed by atoms with Crippen molar-refractivity contribution in [1.82, 2.24) is 0 Å². The second-order valence-electron chi connectivity index (χ2n) is 22.3. The third kappa shape index (κ3) is 6.45. The lowest BCUT2D eigenvalue weighted by atomic mass is 9.72. The predicted octanol–water partition coefficient (Wildman–Crippen LogP) is 21.1. The summed E-state index contributed by atoms with van der Waals surface area (Å²) >= 11 is 0. The van der Waals surface area contributed by atoms with Gasteiger partial charge in [0.1, 0.15) is 0 Å². The van der Waals surface area contributed by atoms with Crippen molar-refractivity contribution >= 4 is 60.8 Å². The van der Waals surface area contributed by atoms with Crippen molar-refractivity contribution in [3.63, 3.8) is 0 Å². The molecule has 0 aromatic heterocycles. The summed E-state index contributed by atoms with van der Waals surface area (Å²) in [5.41, 5.74) is 10.9. The van der Waals surface area contributed by atoms with Crippen molar-refractivity contribution in [3.05, 3.63) is 280 Å². The fraction of sp³-hybridized carbons (Fsp3) is 0.0263. The van der Waals surface area contributed by atoms with Gasteiger partial charge in [-0.15, -0.1) is 0 Å². The molecule has 13 aromatic rings. The highest BCUT2D eigenvalue weighted by molar-refractivity contribution is 6.33. The van der Waals surface area contributed by atoms with Gasteiger partial charge < -0.3 is 0 Å². The summed E-state index contributed by atoms with van der Waals surface area (Å²) < 4.78 is 155. The molecule has 0 N–H and O–H groups in total. The first-order valence-electron chi connectivity index (χ1n) is 27.9. The van der Waals surface area contributed by atoms with E-state index in [0.717, 1.165) is 115 Å². The lowest BCUT2D eigenvalue weighted by molar-refractivity contribution is 0.381. The fourth-order valence-electron chi connectivity index (χ4n) is 15.1. The molecule has 0 saturated heterocycles. The number of rotatable bonds is 6. The minimum absolute atomic E-state index is 0.161. The molecular formula is C76H36F10. The number of benzene rings is 13. The average Bonchev–Trinajstić information content (AvgIpc) is 1.60. The van der Waals surface area contributed by atoms with E-state index >= 15 is 35.1 Å². The van der Waals surface area contributed by atoms with Gasteiger partial charge in [-0.25, -0.2) is 43.9 Å². The van der Waals surface area contributed by atoms with E-state index in [-0.39, 0.29) is 28.2 Å². The number of hydrogen-bond donors (Lipinski definition) is 0. The molecule has 0 bridgehead atoms. The second-order valence-corrected chi connectivity index (χ2v) is 22.3. The highest BCUT2D eigenvalue weighted by Gasteiger charge is 2.46. The van der Waals surface area contributed by atoms with Gasteiger partial charge in [-0.05, 0) is 154 Å². The third-order valence-electron chi connectivity index (χ3n) is 18.3. The lowest BCUT2D eigenvalue weighted by Crippen LogP contribution is -2.23. The van der Waals surface area contributed by atoms with Gasteiger partial charge in [0, 0.05) is 11.8 Å². The van der Waals surface area contributed by atoms with Gasteiger partial charge in [-0.1, -0.05) is 206 Å². The highest BCUT2D eigenvalue weighted by Crippen LogP contribution is 2.65. The van der Waals surface area contributed by atoms with Gasteiger partial charge in [0.2, 0.25) is 11.6 Å². The van der Waals surface area contributed by atoms with Gasteiger partial charge in [0.05, 0.1) is 11.1 Å². The molecule has 10 heteroatoms. The van der Waals surface area contributed by atoms with E-state index in [9.17, 15) is 8.78 Å². The Hall–Kier alpha value is -10.3. The topological polar surface area (TPSA) is 0 Å². The van der Waals surface area contributed by atoms with Crippen molar-refractivity contribution in [2.24, 2.45) is 0 Å². The first kappa shape index (κ1) is 50.2. The zero-order chi connectivity index (χ0) is 58.3. The summed E-state index contributed by atoms with van der Waals surface area (Å²) in [6.45, 7) is 0. The lowest BCUT2D eigenvalue weighted by Gasteiger charge is -2.30. The van der Waals surface area contributed by atoms with E-state index in [2.05, 4.69) is 48.6 Å². The standard InChI is InChI=1S/C76H36F10/c77-67-65(68(78)72(82)75(85)71(67)81)43-25-13-11-23-41(43)57-39-21-9-7-19-37(39)53(35-15-3-1-4-16-35)61-49-31-27-45-48-30-34-52-60-50(32-28-46(56(48)60)47-29-33-51(63(57)61)59(49)55(45)47)62-54(36-17-5-2-6-18-36)38-20-8-10-22-40(38)58(64(52)62)42-24-12-14-26-44(42)66-69(79)73(83)76(86)74(84)70(66)80/h1-34,51,59H. The molecule has 4 aliphatic carbocycles. The van der Waals surface area contributed by atoms with Crippen LogP contribution in [-0.2, 0) is 0 Å². The molecule has 13 aromatic carbocycles. The summed E-state index contributed by atoms with van der Waals surface area (Å²) in [4.78, 5) is 0. The molecule has 0 fully saturated rings. The number of allylic oxidation sites excluding steroid dienone is 3. The van der Waals surface area contributed by atoms with Crippen molar-refractivity contribution < 1.29 is 43.9 Å². The Balaban J connectivity index is 0.956. The summed E-state index contributed by atoms with van der Waals surface area (Å²) in [5.74, 6) is -21.1. The SMILES string of the molecule is Fc1c(F)c(F)c(-c2ccccc2-c2c3c(c(-c4ccccc4)c4ccccc24)-c2ccc4c5c6c(c7ccc-3c2c47)=CC=C2c3c(c(-c4ccccc4-c4c(F)c(F)c(F)c(F)c4F)c4ccccc4c3-c3ccccc3)C(C=C5)C26)c(F)c1F. The maximum absolute atomic E-state index is 16.2. The average molecular weight is 1140 g/mol. The smallest absolute Gasteiger partial charge is 0.200 e. The molecule has 0 aliphatic heterocycles. The number of fused-ring (bicyclic) bond motifs is 10. The maximum atomic E-state index is 16.2. The van der Waals surface area contributed by atoms with Crippen LogP contribution in [0.25, 0.3) is 150 Å². The van der Waals surface area contributed by atoms with Crippen LogP contribution in [0.2, 0.25) is 0 Å². The van der Waals surface area contributed by atoms with Crippen molar-refractivity contribution in [3.8, 4) is 89.0 Å². The molecular weight excluding hydrogens is 1100 g/mol. The Morgan fingerprint density at radius 2 is 0.651 bits per heavy atom. The van der Waals surface area contributed by atoms with Crippen LogP contribution >= 0.6 is 0 Å². The third-order valence-corrected chi connectivity index (χ3v) is 18.3. The molecule has 2 unspecified atom stereocenters. The van der Waals surface area contributed by atoms with Gasteiger partial charge in [0.15, 0.2) is 46.5 Å². The Morgan fingerprint density at radius 3 is 1.16 bits per heavy atom. The van der Waals surface area contributed by atoms with Crippen LogP contribution in [0.15, 0.2) is 194 Å². The second kappa shape index (κ2) is 18.1. The van der Waals surface area contributed by atoms with Gasteiger partial charge in [-0.2, -0.15) is 0 Å². The van der Waals surface area contributed by atoms with E-state index < -0.39 is 75.2 Å². The summed E-state index contributed by atoms with van der Waals surface area (Å²) in [7, 11) is 0. The molecule has 410 valence electrons. The number of halogens is 10. The van der Waals surface area contributed by atoms with Crippen molar-refractivity contribution in [2.75, 3.05) is 0 Å². The molecule has 4 aliphatic rings. The van der Waals surface area contributed by atoms with E-state index in [1.807, 2.05) is 109 Å². The molecule has 0 amide bonds. The minimum Gasteiger partial charge on any atom is -0.203 e. The van der Waals surface area contributed by atoms with Crippen molar-refractivity contribution in [2.45, 2.75) is 11.8 Å². The fourth-order valence-corrected chi connectivity index (χ4v) is 15.1. The molecule has 86 heavy (non-hydrogen) atoms. The molecule has 0 saturated carbocycles. The summed E-state index contributed by atoms with van der Waals surface area (Å²) in [6, 6.07) is 56.2. The highest BCUT2D eigenvalue weighted by atomic mass is 19.2. The van der Waals surface area contributed by atoms with Gasteiger partial charge in [-0.3, -0.25) is 0 Å². The largest absolute Gasteiger partial charge is 0.203 e. The van der Waals surface area contributed by atoms with Crippen LogP contribution in [0.3, 0.4) is 0 Å². The normalized spacial score (nSPS) is 15.0. The molecule has 0 spiro atoms. The minimum atomic E-state index is -2.25.